The number of unbranched alkanes of at least 4 members (excludes halogenated alkanes) is 33. The molecule has 0 spiro atoms. The van der Waals surface area contributed by atoms with Crippen LogP contribution in [-0.4, -0.2) is 95.4 Å². The Labute approximate surface area is 398 Å². The number of carbonyl (C=O) groups is 1. The molecular weight excluding hydrogens is 847 g/mol. The van der Waals surface area contributed by atoms with Crippen molar-refractivity contribution >= 4 is 16.3 Å². The van der Waals surface area contributed by atoms with Crippen molar-refractivity contribution < 1.29 is 51.8 Å². The van der Waals surface area contributed by atoms with Crippen LogP contribution >= 0.6 is 0 Å². The molecule has 1 amide bonds. The normalized spacial score (nSPS) is 20.1. The average molecular weight is 948 g/mol. The maximum Gasteiger partial charge on any atom is 0.397 e. The lowest BCUT2D eigenvalue weighted by Crippen LogP contribution is -2.61. The standard InChI is InChI=1S/C52H101NO11S/c1-3-5-7-9-11-13-15-17-19-20-21-22-23-24-25-26-28-29-31-33-35-37-39-41-46(55)45(44-62-52-50(58)51(64-65(59,60)61)49(57)47(43-54)63-52)53-48(56)42-40-38-36-34-32-30-27-18-16-14-12-10-8-6-4-2/h14,16,45-47,49-52,54-55,57-58H,3-13,15,17-44H2,1-2H3,(H,53,56)(H,59,60,61)/b16-14-. The highest BCUT2D eigenvalue weighted by molar-refractivity contribution is 7.80. The quantitative estimate of drug-likeness (QED) is 0.0193. The molecule has 1 saturated heterocycles. The van der Waals surface area contributed by atoms with Gasteiger partial charge in [0, 0.05) is 6.42 Å². The van der Waals surface area contributed by atoms with Gasteiger partial charge in [0.2, 0.25) is 5.91 Å². The third kappa shape index (κ3) is 35.6. The van der Waals surface area contributed by atoms with Crippen LogP contribution in [0.15, 0.2) is 12.2 Å². The molecule has 65 heavy (non-hydrogen) atoms. The summed E-state index contributed by atoms with van der Waals surface area (Å²) in [6, 6.07) is -0.858. The lowest BCUT2D eigenvalue weighted by molar-refractivity contribution is -0.298. The number of aliphatic hydroxyl groups excluding tert-OH is 4. The van der Waals surface area contributed by atoms with Gasteiger partial charge in [-0.05, 0) is 38.5 Å². The molecule has 0 aromatic carbocycles. The van der Waals surface area contributed by atoms with Crippen molar-refractivity contribution in [2.45, 2.75) is 301 Å². The van der Waals surface area contributed by atoms with E-state index in [1.807, 2.05) is 0 Å². The zero-order chi connectivity index (χ0) is 47.6. The van der Waals surface area contributed by atoms with Crippen LogP contribution in [0.4, 0.5) is 0 Å². The van der Waals surface area contributed by atoms with Crippen molar-refractivity contribution in [2.75, 3.05) is 13.2 Å². The van der Waals surface area contributed by atoms with E-state index in [0.717, 1.165) is 51.4 Å². The van der Waals surface area contributed by atoms with Gasteiger partial charge in [-0.1, -0.05) is 225 Å². The van der Waals surface area contributed by atoms with E-state index < -0.39 is 59.9 Å². The van der Waals surface area contributed by atoms with Crippen LogP contribution < -0.4 is 5.32 Å². The molecule has 7 unspecified atom stereocenters. The van der Waals surface area contributed by atoms with Gasteiger partial charge >= 0.3 is 10.4 Å². The van der Waals surface area contributed by atoms with E-state index >= 15 is 0 Å². The number of nitrogens with one attached hydrogen (secondary N) is 1. The van der Waals surface area contributed by atoms with Crippen LogP contribution in [0.5, 0.6) is 0 Å². The topological polar surface area (TPSA) is 192 Å². The highest BCUT2D eigenvalue weighted by Gasteiger charge is 2.48. The van der Waals surface area contributed by atoms with Gasteiger partial charge in [0.1, 0.15) is 24.4 Å². The van der Waals surface area contributed by atoms with E-state index in [-0.39, 0.29) is 18.9 Å². The monoisotopic (exact) mass is 948 g/mol. The Kier molecular flexibility index (Phi) is 40.8. The molecule has 1 aliphatic heterocycles. The van der Waals surface area contributed by atoms with Crippen LogP contribution in [0, 0.1) is 0 Å². The van der Waals surface area contributed by atoms with Crippen molar-refractivity contribution in [1.29, 1.82) is 0 Å². The molecule has 7 atom stereocenters. The number of allylic oxidation sites excluding steroid dienone is 2. The summed E-state index contributed by atoms with van der Waals surface area (Å²) in [4.78, 5) is 13.1. The Morgan fingerprint density at radius 2 is 0.985 bits per heavy atom. The van der Waals surface area contributed by atoms with Crippen molar-refractivity contribution in [3.8, 4) is 0 Å². The van der Waals surface area contributed by atoms with Gasteiger partial charge in [-0.25, -0.2) is 4.18 Å². The molecular formula is C52H101NO11S. The molecule has 13 heteroatoms. The van der Waals surface area contributed by atoms with Crippen LogP contribution in [0.1, 0.15) is 258 Å². The summed E-state index contributed by atoms with van der Waals surface area (Å²) in [5.74, 6) is -0.232. The predicted molar refractivity (Wildman–Crippen MR) is 264 cm³/mol. The van der Waals surface area contributed by atoms with E-state index in [9.17, 15) is 38.2 Å². The molecule has 1 fully saturated rings. The van der Waals surface area contributed by atoms with Crippen LogP contribution in [0.2, 0.25) is 0 Å². The minimum Gasteiger partial charge on any atom is -0.394 e. The molecule has 0 saturated carbocycles. The summed E-state index contributed by atoms with van der Waals surface area (Å²) in [5.41, 5.74) is 0. The maximum atomic E-state index is 13.1. The predicted octanol–water partition coefficient (Wildman–Crippen LogP) is 11.9. The van der Waals surface area contributed by atoms with E-state index in [2.05, 4.69) is 35.5 Å². The summed E-state index contributed by atoms with van der Waals surface area (Å²) in [7, 11) is -5.08. The lowest BCUT2D eigenvalue weighted by Gasteiger charge is -2.41. The highest BCUT2D eigenvalue weighted by Crippen LogP contribution is 2.26. The Morgan fingerprint density at radius 3 is 1.40 bits per heavy atom. The molecule has 0 aromatic rings. The maximum absolute atomic E-state index is 13.1. The molecule has 6 N–H and O–H groups in total. The average Bonchev–Trinajstić information content (AvgIpc) is 3.28. The summed E-state index contributed by atoms with van der Waals surface area (Å²) >= 11 is 0. The second-order valence-electron chi connectivity index (χ2n) is 19.2. The minimum absolute atomic E-state index is 0.232. The first-order chi connectivity index (χ1) is 31.5. The summed E-state index contributed by atoms with van der Waals surface area (Å²) in [6.07, 6.45) is 40.7. The van der Waals surface area contributed by atoms with Gasteiger partial charge in [-0.2, -0.15) is 8.42 Å². The Balaban J connectivity index is 2.37. The summed E-state index contributed by atoms with van der Waals surface area (Å²) < 4.78 is 47.8. The highest BCUT2D eigenvalue weighted by atomic mass is 32.3. The molecule has 0 aliphatic carbocycles. The van der Waals surface area contributed by atoms with E-state index in [1.165, 1.54) is 173 Å². The Morgan fingerprint density at radius 1 is 0.600 bits per heavy atom. The molecule has 12 nitrogen and oxygen atoms in total. The van der Waals surface area contributed by atoms with Crippen LogP contribution in [-0.2, 0) is 28.9 Å². The molecule has 0 aromatic heterocycles. The molecule has 1 aliphatic rings. The second-order valence-corrected chi connectivity index (χ2v) is 20.2. The minimum atomic E-state index is -5.08. The summed E-state index contributed by atoms with van der Waals surface area (Å²) in [6.45, 7) is 3.46. The van der Waals surface area contributed by atoms with Gasteiger partial charge in [-0.15, -0.1) is 0 Å². The first-order valence-electron chi connectivity index (χ1n) is 27.1. The zero-order valence-corrected chi connectivity index (χ0v) is 42.4. The fraction of sp³-hybridized carbons (Fsp3) is 0.942. The van der Waals surface area contributed by atoms with Crippen molar-refractivity contribution in [1.82, 2.24) is 5.32 Å². The van der Waals surface area contributed by atoms with Gasteiger partial charge in [0.25, 0.3) is 0 Å². The van der Waals surface area contributed by atoms with Gasteiger partial charge in [0.15, 0.2) is 6.29 Å². The zero-order valence-electron chi connectivity index (χ0n) is 41.6. The molecule has 0 radical (unpaired) electrons. The lowest BCUT2D eigenvalue weighted by atomic mass is 9.99. The number of ether oxygens (including phenoxy) is 2. The fourth-order valence-electron chi connectivity index (χ4n) is 8.87. The fourth-order valence-corrected chi connectivity index (χ4v) is 9.38. The van der Waals surface area contributed by atoms with E-state index in [1.54, 1.807) is 0 Å². The third-order valence-corrected chi connectivity index (χ3v) is 13.5. The SMILES string of the molecule is CCCCCC/C=C\CCCCCCCCCC(=O)NC(COC1OC(CO)C(O)C(OS(=O)(=O)O)C1O)C(O)CCCCCCCCCCCCCCCCCCCCCCCCC. The number of amides is 1. The van der Waals surface area contributed by atoms with Crippen LogP contribution in [0.25, 0.3) is 0 Å². The summed E-state index contributed by atoms with van der Waals surface area (Å²) in [5, 5.41) is 45.0. The van der Waals surface area contributed by atoms with E-state index in [0.29, 0.717) is 12.8 Å². The largest absolute Gasteiger partial charge is 0.397 e. The Hall–Kier alpha value is -1.16. The van der Waals surface area contributed by atoms with Gasteiger partial charge < -0.3 is 35.2 Å². The number of carbonyl (C=O) groups excluding carboxylic acids is 1. The number of hydrogen-bond donors (Lipinski definition) is 6. The molecule has 1 heterocycles. The molecule has 1 rings (SSSR count). The molecule has 386 valence electrons. The molecule has 0 bridgehead atoms. The van der Waals surface area contributed by atoms with Crippen LogP contribution in [0.3, 0.4) is 0 Å². The van der Waals surface area contributed by atoms with Gasteiger partial charge in [-0.3, -0.25) is 9.35 Å². The van der Waals surface area contributed by atoms with E-state index in [4.69, 9.17) is 9.47 Å². The number of aliphatic hydroxyl groups is 4. The van der Waals surface area contributed by atoms with Crippen molar-refractivity contribution in [2.24, 2.45) is 0 Å². The Bertz CT molecular complexity index is 1210. The third-order valence-electron chi connectivity index (χ3n) is 13.1. The number of hydrogen-bond acceptors (Lipinski definition) is 10. The van der Waals surface area contributed by atoms with Crippen molar-refractivity contribution in [3.63, 3.8) is 0 Å². The second kappa shape index (κ2) is 42.9. The first kappa shape index (κ1) is 61.9. The smallest absolute Gasteiger partial charge is 0.394 e. The number of rotatable bonds is 47. The van der Waals surface area contributed by atoms with Crippen molar-refractivity contribution in [3.05, 3.63) is 12.2 Å². The van der Waals surface area contributed by atoms with Gasteiger partial charge in [0.05, 0.1) is 25.4 Å². The first-order valence-corrected chi connectivity index (χ1v) is 28.4.